The smallest absolute Gasteiger partial charge is 0.309 e. The summed E-state index contributed by atoms with van der Waals surface area (Å²) in [7, 11) is -3.30. The van der Waals surface area contributed by atoms with E-state index in [0.29, 0.717) is 6.42 Å². The maximum atomic E-state index is 12.0. The van der Waals surface area contributed by atoms with Gasteiger partial charge in [0, 0.05) is 18.8 Å². The molecule has 0 radical (unpaired) electrons. The van der Waals surface area contributed by atoms with E-state index in [1.165, 1.54) is 0 Å². The minimum Gasteiger partial charge on any atom is -0.309 e. The Morgan fingerprint density at radius 3 is 2.29 bits per heavy atom. The van der Waals surface area contributed by atoms with Crippen LogP contribution >= 0.6 is 7.60 Å². The lowest BCUT2D eigenvalue weighted by Crippen LogP contribution is -2.28. The third-order valence-electron chi connectivity index (χ3n) is 2.69. The number of carbonyl (C=O) groups excluding carboxylic acids is 2. The molecule has 1 atom stereocenters. The summed E-state index contributed by atoms with van der Waals surface area (Å²) in [4.78, 5) is 22.8. The fourth-order valence-electron chi connectivity index (χ4n) is 1.76. The maximum Gasteiger partial charge on any atom is 0.338 e. The van der Waals surface area contributed by atoms with Crippen LogP contribution in [-0.4, -0.2) is 30.9 Å². The van der Waals surface area contributed by atoms with E-state index >= 15 is 0 Å². The Labute approximate surface area is 101 Å². The molecule has 1 saturated carbocycles. The minimum absolute atomic E-state index is 0.126. The molecule has 0 spiro atoms. The van der Waals surface area contributed by atoms with Gasteiger partial charge in [0.15, 0.2) is 0 Å². The first-order chi connectivity index (χ1) is 8.00. The van der Waals surface area contributed by atoms with E-state index in [2.05, 4.69) is 0 Å². The van der Waals surface area contributed by atoms with Crippen molar-refractivity contribution < 1.29 is 23.2 Å². The molecule has 0 aromatic carbocycles. The summed E-state index contributed by atoms with van der Waals surface area (Å²) in [6.45, 7) is 3.89. The zero-order valence-electron chi connectivity index (χ0n) is 10.3. The number of hydrogen-bond acceptors (Lipinski definition) is 5. The third kappa shape index (κ3) is 4.34. The fraction of sp³-hybridized carbons (Fsp3) is 0.818. The summed E-state index contributed by atoms with van der Waals surface area (Å²) >= 11 is 0. The molecule has 0 aliphatic heterocycles. The fourth-order valence-corrected chi connectivity index (χ4v) is 3.36. The van der Waals surface area contributed by atoms with Crippen molar-refractivity contribution in [3.63, 3.8) is 0 Å². The first-order valence-corrected chi connectivity index (χ1v) is 7.66. The molecule has 0 amide bonds. The standard InChI is InChI=1S/C11H19O5P/c1-3-15-17(14,16-4-2)8-10(12)7-9-5-6-11(9)13/h9H,3-8H2,1-2H3. The second-order valence-electron chi connectivity index (χ2n) is 4.05. The number of hydrogen-bond donors (Lipinski definition) is 0. The van der Waals surface area contributed by atoms with Crippen LogP contribution < -0.4 is 0 Å². The minimum atomic E-state index is -3.30. The molecule has 1 rings (SSSR count). The molecule has 0 heterocycles. The van der Waals surface area contributed by atoms with Crippen LogP contribution in [0.5, 0.6) is 0 Å². The lowest BCUT2D eigenvalue weighted by Gasteiger charge is -2.23. The third-order valence-corrected chi connectivity index (χ3v) is 4.73. The van der Waals surface area contributed by atoms with E-state index in [1.807, 2.05) is 0 Å². The number of rotatable bonds is 8. The van der Waals surface area contributed by atoms with Crippen LogP contribution in [0.1, 0.15) is 33.1 Å². The van der Waals surface area contributed by atoms with Crippen molar-refractivity contribution in [2.75, 3.05) is 19.4 Å². The average Bonchev–Trinajstić information content (AvgIpc) is 2.24. The van der Waals surface area contributed by atoms with Crippen molar-refractivity contribution in [2.45, 2.75) is 33.1 Å². The van der Waals surface area contributed by atoms with Crippen LogP contribution in [0.4, 0.5) is 0 Å². The molecule has 0 saturated heterocycles. The Hall–Kier alpha value is -0.510. The van der Waals surface area contributed by atoms with Crippen LogP contribution in [0.2, 0.25) is 0 Å². The molecule has 6 heteroatoms. The average molecular weight is 262 g/mol. The van der Waals surface area contributed by atoms with Gasteiger partial charge in [-0.05, 0) is 20.3 Å². The zero-order chi connectivity index (χ0) is 12.9. The molecule has 0 aromatic heterocycles. The van der Waals surface area contributed by atoms with Gasteiger partial charge in [-0.25, -0.2) is 0 Å². The molecule has 1 unspecified atom stereocenters. The molecule has 1 fully saturated rings. The summed E-state index contributed by atoms with van der Waals surface area (Å²) in [6.07, 6.45) is 1.27. The highest BCUT2D eigenvalue weighted by Gasteiger charge is 2.33. The molecule has 98 valence electrons. The molecule has 1 aliphatic carbocycles. The molecule has 1 aliphatic rings. The molecular weight excluding hydrogens is 243 g/mol. The van der Waals surface area contributed by atoms with Gasteiger partial charge < -0.3 is 9.05 Å². The molecule has 0 aromatic rings. The van der Waals surface area contributed by atoms with Gasteiger partial charge in [-0.3, -0.25) is 14.2 Å². The Morgan fingerprint density at radius 1 is 1.35 bits per heavy atom. The molecule has 5 nitrogen and oxygen atoms in total. The molecular formula is C11H19O5P. The van der Waals surface area contributed by atoms with Crippen molar-refractivity contribution in [2.24, 2.45) is 5.92 Å². The summed E-state index contributed by atoms with van der Waals surface area (Å²) < 4.78 is 22.1. The Morgan fingerprint density at radius 2 is 1.94 bits per heavy atom. The van der Waals surface area contributed by atoms with Crippen LogP contribution in [0.25, 0.3) is 0 Å². The topological polar surface area (TPSA) is 69.7 Å². The number of ketones is 2. The maximum absolute atomic E-state index is 12.0. The van der Waals surface area contributed by atoms with Crippen LogP contribution in [0, 0.1) is 5.92 Å². The lowest BCUT2D eigenvalue weighted by molar-refractivity contribution is -0.132. The van der Waals surface area contributed by atoms with Gasteiger partial charge in [0.2, 0.25) is 0 Å². The van der Waals surface area contributed by atoms with Crippen molar-refractivity contribution in [1.29, 1.82) is 0 Å². The monoisotopic (exact) mass is 262 g/mol. The molecule has 17 heavy (non-hydrogen) atoms. The van der Waals surface area contributed by atoms with E-state index in [0.717, 1.165) is 6.42 Å². The van der Waals surface area contributed by atoms with Crippen LogP contribution in [-0.2, 0) is 23.2 Å². The molecule has 0 N–H and O–H groups in total. The normalized spacial score (nSPS) is 20.1. The van der Waals surface area contributed by atoms with Crippen LogP contribution in [0.3, 0.4) is 0 Å². The van der Waals surface area contributed by atoms with Gasteiger partial charge in [0.25, 0.3) is 0 Å². The van der Waals surface area contributed by atoms with Gasteiger partial charge in [-0.1, -0.05) is 0 Å². The Bertz CT molecular complexity index is 329. The highest BCUT2D eigenvalue weighted by Crippen LogP contribution is 2.48. The highest BCUT2D eigenvalue weighted by molar-refractivity contribution is 7.54. The summed E-state index contributed by atoms with van der Waals surface area (Å²) in [5, 5.41) is 0. The van der Waals surface area contributed by atoms with E-state index in [-0.39, 0.29) is 43.3 Å². The second-order valence-corrected chi connectivity index (χ2v) is 6.10. The van der Waals surface area contributed by atoms with Gasteiger partial charge in [-0.15, -0.1) is 0 Å². The van der Waals surface area contributed by atoms with Crippen molar-refractivity contribution in [3.05, 3.63) is 0 Å². The summed E-state index contributed by atoms with van der Waals surface area (Å²) in [5.41, 5.74) is 0. The van der Waals surface area contributed by atoms with Crippen molar-refractivity contribution in [1.82, 2.24) is 0 Å². The Kier molecular flexibility index (Phi) is 5.50. The highest BCUT2D eigenvalue weighted by atomic mass is 31.2. The SMILES string of the molecule is CCOP(=O)(CC(=O)CC1CCC1=O)OCC. The predicted octanol–water partition coefficient (Wildman–Crippen LogP) is 2.19. The summed E-state index contributed by atoms with van der Waals surface area (Å²) in [5.74, 6) is -0.256. The first-order valence-electron chi connectivity index (χ1n) is 5.93. The number of Topliss-reactive ketones (excluding diaryl/α,β-unsaturated/α-hetero) is 2. The van der Waals surface area contributed by atoms with E-state index in [9.17, 15) is 14.2 Å². The van der Waals surface area contributed by atoms with Crippen molar-refractivity contribution in [3.8, 4) is 0 Å². The van der Waals surface area contributed by atoms with Gasteiger partial charge >= 0.3 is 7.60 Å². The lowest BCUT2D eigenvalue weighted by atomic mass is 9.80. The van der Waals surface area contributed by atoms with Crippen LogP contribution in [0.15, 0.2) is 0 Å². The first kappa shape index (κ1) is 14.6. The van der Waals surface area contributed by atoms with Crippen molar-refractivity contribution >= 4 is 19.2 Å². The molecule has 0 bridgehead atoms. The largest absolute Gasteiger partial charge is 0.338 e. The van der Waals surface area contributed by atoms with E-state index in [1.54, 1.807) is 13.8 Å². The Balaban J connectivity index is 2.46. The van der Waals surface area contributed by atoms with Gasteiger partial charge in [0.05, 0.1) is 13.2 Å². The van der Waals surface area contributed by atoms with Gasteiger partial charge in [-0.2, -0.15) is 0 Å². The van der Waals surface area contributed by atoms with E-state index < -0.39 is 7.60 Å². The predicted molar refractivity (Wildman–Crippen MR) is 63.1 cm³/mol. The second kappa shape index (κ2) is 6.43. The summed E-state index contributed by atoms with van der Waals surface area (Å²) in [6, 6.07) is 0. The van der Waals surface area contributed by atoms with Gasteiger partial charge in [0.1, 0.15) is 17.7 Å². The van der Waals surface area contributed by atoms with E-state index in [4.69, 9.17) is 9.05 Å². The quantitative estimate of drug-likeness (QED) is 0.627. The zero-order valence-corrected chi connectivity index (χ0v) is 11.2. The number of carbonyl (C=O) groups is 2.